The molecule has 0 radical (unpaired) electrons. The van der Waals surface area contributed by atoms with E-state index in [0.29, 0.717) is 42.6 Å². The van der Waals surface area contributed by atoms with E-state index in [-0.39, 0.29) is 19.0 Å². The second kappa shape index (κ2) is 9.96. The quantitative estimate of drug-likeness (QED) is 0.440. The lowest BCUT2D eigenvalue weighted by Crippen LogP contribution is -2.39. The van der Waals surface area contributed by atoms with E-state index in [4.69, 9.17) is 18.9 Å². The Hall–Kier alpha value is -2.51. The second-order valence-electron chi connectivity index (χ2n) is 9.07. The van der Waals surface area contributed by atoms with Crippen molar-refractivity contribution in [1.29, 1.82) is 0 Å². The molecule has 1 aromatic rings. The molecule has 7 nitrogen and oxygen atoms in total. The summed E-state index contributed by atoms with van der Waals surface area (Å²) in [6.07, 6.45) is 5.08. The van der Waals surface area contributed by atoms with Crippen LogP contribution < -0.4 is 14.2 Å². The first-order valence-corrected chi connectivity index (χ1v) is 11.2. The van der Waals surface area contributed by atoms with Crippen LogP contribution in [0.3, 0.4) is 0 Å². The molecule has 2 N–H and O–H groups in total. The van der Waals surface area contributed by atoms with Gasteiger partial charge in [0.15, 0.2) is 0 Å². The minimum atomic E-state index is -1.05. The van der Waals surface area contributed by atoms with E-state index in [2.05, 4.69) is 19.9 Å². The summed E-state index contributed by atoms with van der Waals surface area (Å²) in [6.45, 7) is 9.98. The fourth-order valence-electron chi connectivity index (χ4n) is 3.67. The standard InChI is InChI=1S/C25H34O7/c1-6-29-24(27)20-12-16(9-8-15(2)3)22-19(31-20)14-18-17(23(22)30-11-7-10-26)13-21(32-18)25(4,5)28/h9,12,14-15,21,26,28H,6-8,10-11,13H2,1-5H3/b16-9+/t21-/m0/s1. The highest BCUT2D eigenvalue weighted by molar-refractivity contribution is 5.95. The van der Waals surface area contributed by atoms with Crippen molar-refractivity contribution >= 4 is 11.5 Å². The van der Waals surface area contributed by atoms with Gasteiger partial charge in [-0.3, -0.25) is 0 Å². The molecule has 0 fully saturated rings. The van der Waals surface area contributed by atoms with E-state index >= 15 is 0 Å². The molecule has 0 bridgehead atoms. The summed E-state index contributed by atoms with van der Waals surface area (Å²) >= 11 is 0. The van der Waals surface area contributed by atoms with E-state index in [9.17, 15) is 15.0 Å². The molecule has 2 aliphatic heterocycles. The highest BCUT2D eigenvalue weighted by Gasteiger charge is 2.39. The van der Waals surface area contributed by atoms with Gasteiger partial charge in [0.25, 0.3) is 0 Å². The Bertz CT molecular complexity index is 906. The van der Waals surface area contributed by atoms with Crippen molar-refractivity contribution in [3.05, 3.63) is 35.1 Å². The number of aliphatic hydroxyl groups excluding tert-OH is 1. The summed E-state index contributed by atoms with van der Waals surface area (Å²) in [5.74, 6) is 1.60. The van der Waals surface area contributed by atoms with Crippen molar-refractivity contribution in [3.63, 3.8) is 0 Å². The molecule has 7 heteroatoms. The molecule has 32 heavy (non-hydrogen) atoms. The van der Waals surface area contributed by atoms with Crippen LogP contribution in [0, 0.1) is 5.92 Å². The fraction of sp³-hybridized carbons (Fsp3) is 0.560. The molecule has 0 aliphatic carbocycles. The molecule has 3 rings (SSSR count). The van der Waals surface area contributed by atoms with Crippen LogP contribution in [-0.2, 0) is 16.0 Å². The second-order valence-corrected chi connectivity index (χ2v) is 9.07. The molecule has 0 spiro atoms. The number of rotatable bonds is 9. The molecule has 0 amide bonds. The maximum atomic E-state index is 12.4. The predicted molar refractivity (Wildman–Crippen MR) is 121 cm³/mol. The Morgan fingerprint density at radius 2 is 2.09 bits per heavy atom. The zero-order valence-electron chi connectivity index (χ0n) is 19.6. The highest BCUT2D eigenvalue weighted by atomic mass is 16.6. The third-order valence-electron chi connectivity index (χ3n) is 5.38. The number of aliphatic hydroxyl groups is 2. The number of carbonyl (C=O) groups is 1. The summed E-state index contributed by atoms with van der Waals surface area (Å²) in [5, 5.41) is 19.8. The first kappa shape index (κ1) is 24.1. The number of hydrogen-bond donors (Lipinski definition) is 2. The molecule has 1 atom stereocenters. The SMILES string of the molecule is CCOC(=O)C1=C/C(=C\CC(C)C)c2c(cc3c(c2OCCCO)C[C@@H](C(C)(C)O)O3)O1. The van der Waals surface area contributed by atoms with Crippen LogP contribution in [0.15, 0.2) is 24.0 Å². The van der Waals surface area contributed by atoms with Gasteiger partial charge in [0.1, 0.15) is 23.4 Å². The first-order valence-electron chi connectivity index (χ1n) is 11.2. The van der Waals surface area contributed by atoms with Gasteiger partial charge >= 0.3 is 5.97 Å². The lowest BCUT2D eigenvalue weighted by molar-refractivity contribution is -0.141. The maximum Gasteiger partial charge on any atom is 0.374 e. The number of ether oxygens (including phenoxy) is 4. The van der Waals surface area contributed by atoms with Crippen molar-refractivity contribution in [2.75, 3.05) is 19.8 Å². The zero-order chi connectivity index (χ0) is 23.5. The molecule has 0 saturated heterocycles. The van der Waals surface area contributed by atoms with Crippen LogP contribution in [0.5, 0.6) is 17.2 Å². The number of carbonyl (C=O) groups excluding carboxylic acids is 1. The van der Waals surface area contributed by atoms with Gasteiger partial charge in [0.05, 0.1) is 24.4 Å². The molecule has 2 aliphatic rings. The minimum absolute atomic E-state index is 0.0134. The van der Waals surface area contributed by atoms with E-state index in [1.807, 2.05) is 0 Å². The molecule has 0 unspecified atom stereocenters. The van der Waals surface area contributed by atoms with Crippen LogP contribution >= 0.6 is 0 Å². The zero-order valence-corrected chi connectivity index (χ0v) is 19.6. The third-order valence-corrected chi connectivity index (χ3v) is 5.38. The molecular weight excluding hydrogens is 412 g/mol. The smallest absolute Gasteiger partial charge is 0.374 e. The minimum Gasteiger partial charge on any atom is -0.492 e. The van der Waals surface area contributed by atoms with E-state index in [1.54, 1.807) is 32.9 Å². The average molecular weight is 447 g/mol. The number of fused-ring (bicyclic) bond motifs is 2. The van der Waals surface area contributed by atoms with E-state index in [0.717, 1.165) is 23.1 Å². The van der Waals surface area contributed by atoms with Crippen LogP contribution in [-0.4, -0.2) is 47.7 Å². The van der Waals surface area contributed by atoms with Gasteiger partial charge in [0.2, 0.25) is 5.76 Å². The van der Waals surface area contributed by atoms with Gasteiger partial charge < -0.3 is 29.2 Å². The van der Waals surface area contributed by atoms with Crippen molar-refractivity contribution in [1.82, 2.24) is 0 Å². The van der Waals surface area contributed by atoms with Gasteiger partial charge in [-0.05, 0) is 44.8 Å². The highest BCUT2D eigenvalue weighted by Crippen LogP contribution is 2.50. The number of allylic oxidation sites excluding steroid dienone is 3. The van der Waals surface area contributed by atoms with E-state index in [1.165, 1.54) is 0 Å². The summed E-state index contributed by atoms with van der Waals surface area (Å²) in [5.41, 5.74) is 1.36. The number of benzene rings is 1. The first-order chi connectivity index (χ1) is 15.2. The van der Waals surface area contributed by atoms with Gasteiger partial charge in [0, 0.05) is 31.1 Å². The molecule has 1 aromatic carbocycles. The monoisotopic (exact) mass is 446 g/mol. The van der Waals surface area contributed by atoms with Crippen molar-refractivity contribution in [3.8, 4) is 17.2 Å². The molecule has 0 aromatic heterocycles. The topological polar surface area (TPSA) is 94.5 Å². The Kier molecular flexibility index (Phi) is 7.51. The van der Waals surface area contributed by atoms with Crippen molar-refractivity contribution in [2.45, 2.75) is 65.6 Å². The average Bonchev–Trinajstić information content (AvgIpc) is 3.16. The van der Waals surface area contributed by atoms with Crippen LogP contribution in [0.2, 0.25) is 0 Å². The lowest BCUT2D eigenvalue weighted by Gasteiger charge is -2.24. The lowest BCUT2D eigenvalue weighted by atomic mass is 9.92. The summed E-state index contributed by atoms with van der Waals surface area (Å²) in [6, 6.07) is 1.75. The molecule has 176 valence electrons. The predicted octanol–water partition coefficient (Wildman–Crippen LogP) is 3.79. The summed E-state index contributed by atoms with van der Waals surface area (Å²) in [7, 11) is 0. The Morgan fingerprint density at radius 3 is 2.72 bits per heavy atom. The third kappa shape index (κ3) is 5.27. The maximum absolute atomic E-state index is 12.4. The van der Waals surface area contributed by atoms with Crippen molar-refractivity contribution in [2.24, 2.45) is 5.92 Å². The van der Waals surface area contributed by atoms with Crippen LogP contribution in [0.1, 0.15) is 58.6 Å². The summed E-state index contributed by atoms with van der Waals surface area (Å²) < 4.78 is 23.3. The fourth-order valence-corrected chi connectivity index (χ4v) is 3.67. The van der Waals surface area contributed by atoms with Crippen molar-refractivity contribution < 1.29 is 34.0 Å². The molecular formula is C25H34O7. The number of hydrogen-bond acceptors (Lipinski definition) is 7. The van der Waals surface area contributed by atoms with Gasteiger partial charge in [-0.25, -0.2) is 4.79 Å². The Labute approximate surface area is 189 Å². The Morgan fingerprint density at radius 1 is 1.34 bits per heavy atom. The van der Waals surface area contributed by atoms with Crippen LogP contribution in [0.25, 0.3) is 5.57 Å². The van der Waals surface area contributed by atoms with Crippen LogP contribution in [0.4, 0.5) is 0 Å². The Balaban J connectivity index is 2.12. The number of esters is 1. The van der Waals surface area contributed by atoms with E-state index < -0.39 is 17.7 Å². The van der Waals surface area contributed by atoms with Gasteiger partial charge in [-0.1, -0.05) is 19.9 Å². The van der Waals surface area contributed by atoms with Gasteiger partial charge in [-0.15, -0.1) is 0 Å². The van der Waals surface area contributed by atoms with Gasteiger partial charge in [-0.2, -0.15) is 0 Å². The summed E-state index contributed by atoms with van der Waals surface area (Å²) in [4.78, 5) is 12.4. The largest absolute Gasteiger partial charge is 0.492 e. The molecule has 2 heterocycles. The molecule has 0 saturated carbocycles. The normalized spacial score (nSPS) is 18.6.